The average molecular weight is 514 g/mol. The Morgan fingerprint density at radius 2 is 1.72 bits per heavy atom. The fourth-order valence-electron chi connectivity index (χ4n) is 4.37. The fraction of sp³-hybridized carbons (Fsp3) is 0.696. The molecule has 2 unspecified atom stereocenters. The van der Waals surface area contributed by atoms with Gasteiger partial charge < -0.3 is 20.4 Å². The smallest absolute Gasteiger partial charge is 0.191 e. The van der Waals surface area contributed by atoms with Gasteiger partial charge in [-0.25, -0.2) is 0 Å². The van der Waals surface area contributed by atoms with Crippen LogP contribution in [0.1, 0.15) is 57.6 Å². The summed E-state index contributed by atoms with van der Waals surface area (Å²) in [5.41, 5.74) is 2.66. The van der Waals surface area contributed by atoms with Crippen molar-refractivity contribution in [2.75, 3.05) is 51.2 Å². The summed E-state index contributed by atoms with van der Waals surface area (Å²) in [5, 5.41) is 7.10. The SMILES string of the molecule is CN=C(NCC(C)CN1CCCCC1)NC(C)c1cccc(N2CCCC2)c1.I. The third-order valence-corrected chi connectivity index (χ3v) is 6.05. The van der Waals surface area contributed by atoms with Gasteiger partial charge in [0.05, 0.1) is 6.04 Å². The fourth-order valence-corrected chi connectivity index (χ4v) is 4.37. The molecule has 0 aromatic heterocycles. The van der Waals surface area contributed by atoms with E-state index in [9.17, 15) is 0 Å². The van der Waals surface area contributed by atoms with Crippen LogP contribution in [0.25, 0.3) is 0 Å². The van der Waals surface area contributed by atoms with Crippen LogP contribution in [-0.4, -0.2) is 57.2 Å². The van der Waals surface area contributed by atoms with Crippen LogP contribution in [0.5, 0.6) is 0 Å². The van der Waals surface area contributed by atoms with Crippen LogP contribution in [0.2, 0.25) is 0 Å². The Hall–Kier alpha value is -1.02. The third kappa shape index (κ3) is 7.63. The highest BCUT2D eigenvalue weighted by Gasteiger charge is 2.16. The molecule has 1 aromatic carbocycles. The second-order valence-corrected chi connectivity index (χ2v) is 8.57. The highest BCUT2D eigenvalue weighted by Crippen LogP contribution is 2.24. The van der Waals surface area contributed by atoms with Crippen LogP contribution in [0.15, 0.2) is 29.3 Å². The molecule has 2 fully saturated rings. The lowest BCUT2D eigenvalue weighted by Crippen LogP contribution is -2.43. The van der Waals surface area contributed by atoms with Gasteiger partial charge in [0.25, 0.3) is 0 Å². The van der Waals surface area contributed by atoms with Crippen molar-refractivity contribution in [2.24, 2.45) is 10.9 Å². The van der Waals surface area contributed by atoms with Crippen LogP contribution >= 0.6 is 24.0 Å². The highest BCUT2D eigenvalue weighted by molar-refractivity contribution is 14.0. The maximum absolute atomic E-state index is 4.44. The molecule has 29 heavy (non-hydrogen) atoms. The second-order valence-electron chi connectivity index (χ2n) is 8.57. The summed E-state index contributed by atoms with van der Waals surface area (Å²) < 4.78 is 0. The Labute approximate surface area is 194 Å². The molecule has 5 nitrogen and oxygen atoms in total. The first-order valence-electron chi connectivity index (χ1n) is 11.2. The molecular weight excluding hydrogens is 473 g/mol. The molecule has 2 N–H and O–H groups in total. The predicted molar refractivity (Wildman–Crippen MR) is 136 cm³/mol. The third-order valence-electron chi connectivity index (χ3n) is 6.05. The number of guanidine groups is 1. The standard InChI is InChI=1S/C23H39N5.HI/c1-19(18-27-12-5-4-6-13-27)17-25-23(24-3)26-20(2)21-10-9-11-22(16-21)28-14-7-8-15-28;/h9-11,16,19-20H,4-8,12-15,17-18H2,1-3H3,(H2,24,25,26);1H. The van der Waals surface area contributed by atoms with E-state index in [0.717, 1.165) is 12.5 Å². The van der Waals surface area contributed by atoms with E-state index in [1.54, 1.807) is 0 Å². The molecule has 6 heteroatoms. The predicted octanol–water partition coefficient (Wildman–Crippen LogP) is 4.25. The Balaban J connectivity index is 0.00000300. The number of hydrogen-bond acceptors (Lipinski definition) is 3. The number of nitrogens with one attached hydrogen (secondary N) is 2. The maximum Gasteiger partial charge on any atom is 0.191 e. The quantitative estimate of drug-likeness (QED) is 0.325. The number of benzene rings is 1. The van der Waals surface area contributed by atoms with E-state index >= 15 is 0 Å². The average Bonchev–Trinajstić information content (AvgIpc) is 3.27. The molecule has 0 amide bonds. The van der Waals surface area contributed by atoms with Crippen molar-refractivity contribution < 1.29 is 0 Å². The Kier molecular flexibility index (Phi) is 10.6. The molecule has 1 aromatic rings. The zero-order chi connectivity index (χ0) is 19.8. The molecular formula is C23H40IN5. The number of anilines is 1. The minimum absolute atomic E-state index is 0. The van der Waals surface area contributed by atoms with Crippen LogP contribution < -0.4 is 15.5 Å². The first-order chi connectivity index (χ1) is 13.7. The highest BCUT2D eigenvalue weighted by atomic mass is 127. The van der Waals surface area contributed by atoms with Crippen LogP contribution in [-0.2, 0) is 0 Å². The summed E-state index contributed by atoms with van der Waals surface area (Å²) in [6.07, 6.45) is 6.74. The van der Waals surface area contributed by atoms with Crippen LogP contribution in [0, 0.1) is 5.92 Å². The molecule has 0 radical (unpaired) electrons. The normalized spacial score (nSPS) is 20.1. The van der Waals surface area contributed by atoms with Gasteiger partial charge in [-0.3, -0.25) is 4.99 Å². The molecule has 0 saturated carbocycles. The van der Waals surface area contributed by atoms with E-state index < -0.39 is 0 Å². The van der Waals surface area contributed by atoms with Crippen molar-refractivity contribution in [3.8, 4) is 0 Å². The van der Waals surface area contributed by atoms with Gasteiger partial charge in [0.2, 0.25) is 0 Å². The number of hydrogen-bond donors (Lipinski definition) is 2. The first-order valence-corrected chi connectivity index (χ1v) is 11.2. The zero-order valence-electron chi connectivity index (χ0n) is 18.5. The number of halogens is 1. The van der Waals surface area contributed by atoms with Crippen molar-refractivity contribution in [2.45, 2.75) is 52.0 Å². The summed E-state index contributed by atoms with van der Waals surface area (Å²) in [6, 6.07) is 9.18. The molecule has 0 spiro atoms. The lowest BCUT2D eigenvalue weighted by atomic mass is 10.1. The molecule has 0 aliphatic carbocycles. The summed E-state index contributed by atoms with van der Waals surface area (Å²) in [7, 11) is 1.86. The molecule has 0 bridgehead atoms. The van der Waals surface area contributed by atoms with Gasteiger partial charge in [-0.15, -0.1) is 24.0 Å². The summed E-state index contributed by atoms with van der Waals surface area (Å²) >= 11 is 0. The minimum atomic E-state index is 0. The molecule has 3 rings (SSSR count). The lowest BCUT2D eigenvalue weighted by Gasteiger charge is -2.29. The number of piperidine rings is 1. The Morgan fingerprint density at radius 1 is 1.03 bits per heavy atom. The second kappa shape index (κ2) is 12.6. The maximum atomic E-state index is 4.44. The van der Waals surface area contributed by atoms with Crippen molar-refractivity contribution in [3.05, 3.63) is 29.8 Å². The van der Waals surface area contributed by atoms with E-state index in [1.807, 2.05) is 7.05 Å². The van der Waals surface area contributed by atoms with Crippen molar-refractivity contribution >= 4 is 35.6 Å². The monoisotopic (exact) mass is 513 g/mol. The topological polar surface area (TPSA) is 42.9 Å². The van der Waals surface area contributed by atoms with Gasteiger partial charge in [-0.2, -0.15) is 0 Å². The van der Waals surface area contributed by atoms with E-state index in [4.69, 9.17) is 0 Å². The van der Waals surface area contributed by atoms with Gasteiger partial charge in [0, 0.05) is 38.9 Å². The van der Waals surface area contributed by atoms with E-state index in [0.29, 0.717) is 5.92 Å². The molecule has 2 atom stereocenters. The van der Waals surface area contributed by atoms with E-state index in [1.165, 1.54) is 76.1 Å². The van der Waals surface area contributed by atoms with Crippen molar-refractivity contribution in [3.63, 3.8) is 0 Å². The molecule has 164 valence electrons. The molecule has 2 aliphatic heterocycles. The minimum Gasteiger partial charge on any atom is -0.372 e. The summed E-state index contributed by atoms with van der Waals surface area (Å²) in [5.74, 6) is 1.51. The largest absolute Gasteiger partial charge is 0.372 e. The van der Waals surface area contributed by atoms with Crippen molar-refractivity contribution in [1.82, 2.24) is 15.5 Å². The molecule has 2 heterocycles. The number of rotatable bonds is 7. The first kappa shape index (κ1) is 24.3. The van der Waals surface area contributed by atoms with Gasteiger partial charge in [-0.1, -0.05) is 25.5 Å². The van der Waals surface area contributed by atoms with Gasteiger partial charge >= 0.3 is 0 Å². The van der Waals surface area contributed by atoms with Crippen LogP contribution in [0.3, 0.4) is 0 Å². The molecule has 2 aliphatic rings. The number of aliphatic imine (C=N–C) groups is 1. The van der Waals surface area contributed by atoms with Gasteiger partial charge in [0.15, 0.2) is 5.96 Å². The van der Waals surface area contributed by atoms with Gasteiger partial charge in [-0.05, 0) is 69.3 Å². The summed E-state index contributed by atoms with van der Waals surface area (Å²) in [4.78, 5) is 9.54. The summed E-state index contributed by atoms with van der Waals surface area (Å²) in [6.45, 7) is 11.6. The van der Waals surface area contributed by atoms with E-state index in [-0.39, 0.29) is 30.0 Å². The number of likely N-dealkylation sites (tertiary alicyclic amines) is 1. The lowest BCUT2D eigenvalue weighted by molar-refractivity contribution is 0.201. The number of nitrogens with zero attached hydrogens (tertiary/aromatic N) is 3. The van der Waals surface area contributed by atoms with Crippen LogP contribution in [0.4, 0.5) is 5.69 Å². The van der Waals surface area contributed by atoms with E-state index in [2.05, 4.69) is 63.5 Å². The van der Waals surface area contributed by atoms with Gasteiger partial charge in [0.1, 0.15) is 0 Å². The van der Waals surface area contributed by atoms with Crippen molar-refractivity contribution in [1.29, 1.82) is 0 Å². The molecule has 2 saturated heterocycles. The Bertz CT molecular complexity index is 623. The zero-order valence-corrected chi connectivity index (χ0v) is 20.8. The Morgan fingerprint density at radius 3 is 2.41 bits per heavy atom.